The molecule has 6 heteroatoms. The molecule has 0 spiro atoms. The molecule has 150 valence electrons. The minimum absolute atomic E-state index is 0.124. The maximum Gasteiger partial charge on any atom is 0.266 e. The first-order valence-corrected chi connectivity index (χ1v) is 10.5. The second-order valence-electron chi connectivity index (χ2n) is 7.06. The summed E-state index contributed by atoms with van der Waals surface area (Å²) in [5.41, 5.74) is 2.34. The zero-order valence-electron chi connectivity index (χ0n) is 16.9. The van der Waals surface area contributed by atoms with Gasteiger partial charge in [0.15, 0.2) is 5.16 Å². The van der Waals surface area contributed by atoms with Crippen molar-refractivity contribution in [3.63, 3.8) is 0 Å². The standard InChI is InChI=1S/C23H25N3O2S/c1-5-14-24-21(27)16(4)29-23-25-19-12-8-6-11-18(19)22(28)26(23)20-13-9-7-10-17(20)15(2)3/h5-13,15-16H,1,14H2,2-4H3,(H,24,27)/t16-/m1/s1. The fraction of sp³-hybridized carbons (Fsp3) is 0.261. The van der Waals surface area contributed by atoms with Crippen LogP contribution in [0, 0.1) is 0 Å². The van der Waals surface area contributed by atoms with Gasteiger partial charge in [0.1, 0.15) is 0 Å². The van der Waals surface area contributed by atoms with Crippen LogP contribution in [0.4, 0.5) is 0 Å². The zero-order chi connectivity index (χ0) is 21.0. The molecule has 0 fully saturated rings. The van der Waals surface area contributed by atoms with Gasteiger partial charge < -0.3 is 5.32 Å². The van der Waals surface area contributed by atoms with E-state index in [1.807, 2.05) is 49.4 Å². The summed E-state index contributed by atoms with van der Waals surface area (Å²) in [6, 6.07) is 15.1. The summed E-state index contributed by atoms with van der Waals surface area (Å²) >= 11 is 1.28. The smallest absolute Gasteiger partial charge is 0.266 e. The van der Waals surface area contributed by atoms with Crippen LogP contribution in [0.5, 0.6) is 0 Å². The number of carbonyl (C=O) groups excluding carboxylic acids is 1. The molecule has 29 heavy (non-hydrogen) atoms. The molecule has 3 aromatic rings. The lowest BCUT2D eigenvalue weighted by atomic mass is 10.0. The molecule has 0 radical (unpaired) electrons. The average molecular weight is 408 g/mol. The summed E-state index contributed by atoms with van der Waals surface area (Å²) in [6.45, 7) is 10.0. The number of hydrogen-bond donors (Lipinski definition) is 1. The van der Waals surface area contributed by atoms with Crippen molar-refractivity contribution < 1.29 is 4.79 Å². The van der Waals surface area contributed by atoms with Crippen LogP contribution in [0.2, 0.25) is 0 Å². The Labute approximate surface area is 174 Å². The van der Waals surface area contributed by atoms with Crippen LogP contribution in [-0.2, 0) is 4.79 Å². The molecule has 0 bridgehead atoms. The zero-order valence-corrected chi connectivity index (χ0v) is 17.7. The number of nitrogens with one attached hydrogen (secondary N) is 1. The van der Waals surface area contributed by atoms with Crippen molar-refractivity contribution in [1.82, 2.24) is 14.9 Å². The summed E-state index contributed by atoms with van der Waals surface area (Å²) in [5, 5.41) is 3.44. The molecule has 5 nitrogen and oxygen atoms in total. The first-order valence-electron chi connectivity index (χ1n) is 9.60. The number of nitrogens with zero attached hydrogens (tertiary/aromatic N) is 2. The van der Waals surface area contributed by atoms with Crippen LogP contribution in [0.25, 0.3) is 16.6 Å². The van der Waals surface area contributed by atoms with Crippen molar-refractivity contribution in [2.45, 2.75) is 37.1 Å². The van der Waals surface area contributed by atoms with Gasteiger partial charge in [-0.2, -0.15) is 0 Å². The Morgan fingerprint density at radius 2 is 1.86 bits per heavy atom. The fourth-order valence-electron chi connectivity index (χ4n) is 3.11. The maximum atomic E-state index is 13.4. The van der Waals surface area contributed by atoms with Gasteiger partial charge in [0.05, 0.1) is 21.8 Å². The Bertz CT molecular complexity index is 1100. The largest absolute Gasteiger partial charge is 0.352 e. The van der Waals surface area contributed by atoms with Crippen LogP contribution in [-0.4, -0.2) is 27.3 Å². The minimum atomic E-state index is -0.416. The van der Waals surface area contributed by atoms with Gasteiger partial charge in [-0.25, -0.2) is 4.98 Å². The molecule has 0 aliphatic heterocycles. The van der Waals surface area contributed by atoms with Crippen molar-refractivity contribution in [1.29, 1.82) is 0 Å². The first kappa shape index (κ1) is 20.9. The molecular formula is C23H25N3O2S. The van der Waals surface area contributed by atoms with E-state index in [1.54, 1.807) is 16.7 Å². The lowest BCUT2D eigenvalue weighted by Gasteiger charge is -2.19. The highest BCUT2D eigenvalue weighted by atomic mass is 32.2. The Kier molecular flexibility index (Phi) is 6.54. The highest BCUT2D eigenvalue weighted by Gasteiger charge is 2.21. The average Bonchev–Trinajstić information content (AvgIpc) is 2.72. The SMILES string of the molecule is C=CCNC(=O)[C@@H](C)Sc1nc2ccccc2c(=O)n1-c1ccccc1C(C)C. The quantitative estimate of drug-likeness (QED) is 0.360. The van der Waals surface area contributed by atoms with Crippen molar-refractivity contribution in [2.24, 2.45) is 0 Å². The molecule has 0 aliphatic carbocycles. The van der Waals surface area contributed by atoms with Gasteiger partial charge in [-0.3, -0.25) is 14.2 Å². The van der Waals surface area contributed by atoms with Crippen molar-refractivity contribution in [2.75, 3.05) is 6.54 Å². The predicted molar refractivity (Wildman–Crippen MR) is 120 cm³/mol. The van der Waals surface area contributed by atoms with Crippen LogP contribution >= 0.6 is 11.8 Å². The monoisotopic (exact) mass is 407 g/mol. The number of benzene rings is 2. The molecule has 3 rings (SSSR count). The van der Waals surface area contributed by atoms with Gasteiger partial charge in [-0.15, -0.1) is 6.58 Å². The van der Waals surface area contributed by atoms with Crippen LogP contribution < -0.4 is 10.9 Å². The summed E-state index contributed by atoms with van der Waals surface area (Å²) in [5.74, 6) is 0.108. The molecule has 1 atom stereocenters. The summed E-state index contributed by atoms with van der Waals surface area (Å²) in [7, 11) is 0. The highest BCUT2D eigenvalue weighted by Crippen LogP contribution is 2.29. The van der Waals surface area contributed by atoms with Gasteiger partial charge in [-0.1, -0.05) is 62.0 Å². The Morgan fingerprint density at radius 1 is 1.17 bits per heavy atom. The fourth-order valence-corrected chi connectivity index (χ4v) is 4.06. The van der Waals surface area contributed by atoms with E-state index in [2.05, 4.69) is 25.7 Å². The molecule has 1 N–H and O–H groups in total. The van der Waals surface area contributed by atoms with Crippen molar-refractivity contribution >= 4 is 28.6 Å². The number of aromatic nitrogens is 2. The third kappa shape index (κ3) is 4.43. The number of hydrogen-bond acceptors (Lipinski definition) is 4. The summed E-state index contributed by atoms with van der Waals surface area (Å²) in [6.07, 6.45) is 1.64. The molecule has 1 amide bonds. The molecule has 1 aromatic heterocycles. The molecule has 2 aromatic carbocycles. The second-order valence-corrected chi connectivity index (χ2v) is 8.37. The van der Waals surface area contributed by atoms with Crippen LogP contribution in [0.3, 0.4) is 0 Å². The molecule has 0 unspecified atom stereocenters. The third-order valence-corrected chi connectivity index (χ3v) is 5.67. The number of para-hydroxylation sites is 2. The number of carbonyl (C=O) groups is 1. The van der Waals surface area contributed by atoms with E-state index in [4.69, 9.17) is 4.98 Å². The normalized spacial score (nSPS) is 12.1. The topological polar surface area (TPSA) is 64.0 Å². The van der Waals surface area contributed by atoms with E-state index in [1.165, 1.54) is 11.8 Å². The van der Waals surface area contributed by atoms with Crippen molar-refractivity contribution in [3.05, 3.63) is 77.1 Å². The number of thioether (sulfide) groups is 1. The Hall–Kier alpha value is -2.86. The van der Waals surface area contributed by atoms with E-state index in [0.29, 0.717) is 22.6 Å². The van der Waals surface area contributed by atoms with Crippen LogP contribution in [0.15, 0.2) is 71.1 Å². The molecule has 0 saturated heterocycles. The lowest BCUT2D eigenvalue weighted by molar-refractivity contribution is -0.120. The van der Waals surface area contributed by atoms with Gasteiger partial charge in [0.25, 0.3) is 5.56 Å². The second kappa shape index (κ2) is 9.09. The Morgan fingerprint density at radius 3 is 2.59 bits per heavy atom. The molecular weight excluding hydrogens is 382 g/mol. The van der Waals surface area contributed by atoms with Gasteiger partial charge in [0, 0.05) is 6.54 Å². The maximum absolute atomic E-state index is 13.4. The minimum Gasteiger partial charge on any atom is -0.352 e. The van der Waals surface area contributed by atoms with E-state index in [0.717, 1.165) is 11.3 Å². The van der Waals surface area contributed by atoms with Crippen LogP contribution in [0.1, 0.15) is 32.3 Å². The van der Waals surface area contributed by atoms with Gasteiger partial charge in [-0.05, 0) is 36.6 Å². The predicted octanol–water partition coefficient (Wildman–Crippen LogP) is 4.29. The van der Waals surface area contributed by atoms with E-state index in [-0.39, 0.29) is 17.4 Å². The lowest BCUT2D eigenvalue weighted by Crippen LogP contribution is -2.32. The first-order chi connectivity index (χ1) is 13.9. The number of rotatable bonds is 7. The van der Waals surface area contributed by atoms with E-state index < -0.39 is 5.25 Å². The summed E-state index contributed by atoms with van der Waals surface area (Å²) < 4.78 is 1.64. The Balaban J connectivity index is 2.19. The van der Waals surface area contributed by atoms with E-state index in [9.17, 15) is 9.59 Å². The summed E-state index contributed by atoms with van der Waals surface area (Å²) in [4.78, 5) is 30.6. The van der Waals surface area contributed by atoms with Gasteiger partial charge >= 0.3 is 0 Å². The molecule has 0 aliphatic rings. The van der Waals surface area contributed by atoms with Crippen molar-refractivity contribution in [3.8, 4) is 5.69 Å². The molecule has 1 heterocycles. The van der Waals surface area contributed by atoms with Gasteiger partial charge in [0.2, 0.25) is 5.91 Å². The van der Waals surface area contributed by atoms with E-state index >= 15 is 0 Å². The number of amides is 1. The molecule has 0 saturated carbocycles. The number of fused-ring (bicyclic) bond motifs is 1. The third-order valence-electron chi connectivity index (χ3n) is 4.62. The highest BCUT2D eigenvalue weighted by molar-refractivity contribution is 8.00.